The number of imide groups is 1. The van der Waals surface area contributed by atoms with Gasteiger partial charge in [0, 0.05) is 13.1 Å². The maximum Gasteiger partial charge on any atom is 0.327 e. The van der Waals surface area contributed by atoms with Crippen LogP contribution in [-0.4, -0.2) is 52.6 Å². The van der Waals surface area contributed by atoms with Crippen LogP contribution in [0.5, 0.6) is 0 Å². The molecule has 0 aromatic rings. The van der Waals surface area contributed by atoms with E-state index in [0.717, 1.165) is 12.8 Å². The van der Waals surface area contributed by atoms with Crippen LogP contribution in [0.15, 0.2) is 0 Å². The molecule has 0 aromatic heterocycles. The summed E-state index contributed by atoms with van der Waals surface area (Å²) in [6, 6.07) is -0.261. The fraction of sp³-hybridized carbons (Fsp3) is 0.857. The van der Waals surface area contributed by atoms with Gasteiger partial charge in [-0.15, -0.1) is 0 Å². The van der Waals surface area contributed by atoms with Gasteiger partial charge in [-0.3, -0.25) is 9.69 Å². The Kier molecular flexibility index (Phi) is 3.60. The first-order valence-corrected chi connectivity index (χ1v) is 6.97. The van der Waals surface area contributed by atoms with Crippen molar-refractivity contribution < 1.29 is 14.7 Å². The second-order valence-electron chi connectivity index (χ2n) is 6.87. The molecule has 5 nitrogen and oxygen atoms in total. The molecular formula is C14H24N2O3. The van der Waals surface area contributed by atoms with Crippen LogP contribution in [0.4, 0.5) is 4.79 Å². The van der Waals surface area contributed by atoms with Gasteiger partial charge in [-0.1, -0.05) is 20.8 Å². The Morgan fingerprint density at radius 3 is 2.32 bits per heavy atom. The monoisotopic (exact) mass is 268 g/mol. The lowest BCUT2D eigenvalue weighted by molar-refractivity contribution is -0.124. The second kappa shape index (κ2) is 4.78. The molecule has 0 aromatic carbocycles. The zero-order valence-corrected chi connectivity index (χ0v) is 12.2. The minimum absolute atomic E-state index is 0.0369. The number of likely N-dealkylation sites (N-methyl/N-ethyl adjacent to an activating group) is 1. The number of aliphatic hydroxyl groups excluding tert-OH is 1. The smallest absolute Gasteiger partial charge is 0.327 e. The number of carbonyl (C=O) groups is 2. The van der Waals surface area contributed by atoms with E-state index in [1.807, 2.05) is 0 Å². The average molecular weight is 268 g/mol. The van der Waals surface area contributed by atoms with E-state index >= 15 is 0 Å². The lowest BCUT2D eigenvalue weighted by Gasteiger charge is -2.45. The minimum Gasteiger partial charge on any atom is -0.393 e. The van der Waals surface area contributed by atoms with Crippen LogP contribution in [0.2, 0.25) is 0 Å². The molecule has 1 aliphatic carbocycles. The standard InChI is InChI=1S/C14H24N2O3/c1-14(2,3)10-6-5-9(17)7-11(10)16-8-12(18)15(4)13(16)19/h9-11,17H,5-8H2,1-4H3. The summed E-state index contributed by atoms with van der Waals surface area (Å²) in [5.41, 5.74) is 0.0648. The quantitative estimate of drug-likeness (QED) is 0.732. The number of urea groups is 1. The molecule has 2 aliphatic rings. The van der Waals surface area contributed by atoms with E-state index in [2.05, 4.69) is 20.8 Å². The van der Waals surface area contributed by atoms with Gasteiger partial charge in [0.15, 0.2) is 0 Å². The average Bonchev–Trinajstić information content (AvgIpc) is 2.55. The lowest BCUT2D eigenvalue weighted by atomic mass is 9.68. The van der Waals surface area contributed by atoms with E-state index in [1.165, 1.54) is 11.9 Å². The highest BCUT2D eigenvalue weighted by atomic mass is 16.3. The highest BCUT2D eigenvalue weighted by Gasteiger charge is 2.46. The van der Waals surface area contributed by atoms with Gasteiger partial charge in [-0.2, -0.15) is 0 Å². The first kappa shape index (κ1) is 14.3. The van der Waals surface area contributed by atoms with Gasteiger partial charge in [0.2, 0.25) is 5.91 Å². The zero-order chi connectivity index (χ0) is 14.4. The van der Waals surface area contributed by atoms with Crippen molar-refractivity contribution in [1.82, 2.24) is 9.80 Å². The Labute approximate surface area is 114 Å². The van der Waals surface area contributed by atoms with Crippen LogP contribution in [0.3, 0.4) is 0 Å². The molecule has 3 unspecified atom stereocenters. The van der Waals surface area contributed by atoms with E-state index in [9.17, 15) is 14.7 Å². The van der Waals surface area contributed by atoms with E-state index < -0.39 is 0 Å². The maximum atomic E-state index is 12.1. The summed E-state index contributed by atoms with van der Waals surface area (Å²) in [7, 11) is 1.52. The van der Waals surface area contributed by atoms with E-state index in [-0.39, 0.29) is 36.0 Å². The summed E-state index contributed by atoms with van der Waals surface area (Å²) in [5, 5.41) is 9.90. The number of carbonyl (C=O) groups excluding carboxylic acids is 2. The van der Waals surface area contributed by atoms with Crippen molar-refractivity contribution in [2.45, 2.75) is 52.2 Å². The Bertz CT molecular complexity index is 389. The molecule has 0 radical (unpaired) electrons. The fourth-order valence-electron chi connectivity index (χ4n) is 3.36. The van der Waals surface area contributed by atoms with Crippen molar-refractivity contribution in [2.75, 3.05) is 13.6 Å². The Morgan fingerprint density at radius 1 is 1.21 bits per heavy atom. The Morgan fingerprint density at radius 2 is 1.84 bits per heavy atom. The van der Waals surface area contributed by atoms with E-state index in [1.54, 1.807) is 4.90 Å². The third-order valence-electron chi connectivity index (χ3n) is 4.51. The molecule has 1 heterocycles. The van der Waals surface area contributed by atoms with Gasteiger partial charge < -0.3 is 10.0 Å². The molecule has 1 saturated heterocycles. The predicted octanol–water partition coefficient (Wildman–Crippen LogP) is 1.46. The molecular weight excluding hydrogens is 244 g/mol. The van der Waals surface area contributed by atoms with Gasteiger partial charge >= 0.3 is 6.03 Å². The van der Waals surface area contributed by atoms with Gasteiger partial charge in [0.25, 0.3) is 0 Å². The van der Waals surface area contributed by atoms with Gasteiger partial charge in [0.05, 0.1) is 6.10 Å². The van der Waals surface area contributed by atoms with Crippen molar-refractivity contribution >= 4 is 11.9 Å². The molecule has 108 valence electrons. The van der Waals surface area contributed by atoms with Crippen molar-refractivity contribution in [3.8, 4) is 0 Å². The van der Waals surface area contributed by atoms with Gasteiger partial charge in [0.1, 0.15) is 6.54 Å². The van der Waals surface area contributed by atoms with Crippen molar-refractivity contribution in [3.63, 3.8) is 0 Å². The van der Waals surface area contributed by atoms with Crippen LogP contribution in [0, 0.1) is 11.3 Å². The SMILES string of the molecule is CN1C(=O)CN(C2CC(O)CCC2C(C)(C)C)C1=O. The molecule has 2 fully saturated rings. The van der Waals surface area contributed by atoms with E-state index in [0.29, 0.717) is 12.3 Å². The summed E-state index contributed by atoms with van der Waals surface area (Å²) >= 11 is 0. The number of aliphatic hydroxyl groups is 1. The molecule has 19 heavy (non-hydrogen) atoms. The summed E-state index contributed by atoms with van der Waals surface area (Å²) in [4.78, 5) is 26.7. The van der Waals surface area contributed by atoms with Crippen LogP contribution in [0.25, 0.3) is 0 Å². The molecule has 0 bridgehead atoms. The van der Waals surface area contributed by atoms with Crippen LogP contribution >= 0.6 is 0 Å². The molecule has 1 aliphatic heterocycles. The Hall–Kier alpha value is -1.10. The topological polar surface area (TPSA) is 60.9 Å². The number of amides is 3. The molecule has 3 amide bonds. The van der Waals surface area contributed by atoms with Crippen LogP contribution < -0.4 is 0 Å². The van der Waals surface area contributed by atoms with Crippen LogP contribution in [0.1, 0.15) is 40.0 Å². The van der Waals surface area contributed by atoms with Crippen LogP contribution in [-0.2, 0) is 4.79 Å². The summed E-state index contributed by atoms with van der Waals surface area (Å²) in [5.74, 6) is 0.164. The highest BCUT2D eigenvalue weighted by molar-refractivity contribution is 6.01. The predicted molar refractivity (Wildman–Crippen MR) is 71.5 cm³/mol. The van der Waals surface area contributed by atoms with Crippen molar-refractivity contribution in [1.29, 1.82) is 0 Å². The number of rotatable bonds is 1. The molecule has 1 saturated carbocycles. The fourth-order valence-corrected chi connectivity index (χ4v) is 3.36. The van der Waals surface area contributed by atoms with Gasteiger partial charge in [-0.25, -0.2) is 4.79 Å². The third-order valence-corrected chi connectivity index (χ3v) is 4.51. The number of hydrogen-bond acceptors (Lipinski definition) is 3. The number of nitrogens with zero attached hydrogens (tertiary/aromatic N) is 2. The molecule has 2 rings (SSSR count). The number of hydrogen-bond donors (Lipinski definition) is 1. The normalized spacial score (nSPS) is 33.2. The summed E-state index contributed by atoms with van der Waals surface area (Å²) in [6.45, 7) is 6.64. The zero-order valence-electron chi connectivity index (χ0n) is 12.2. The minimum atomic E-state index is -0.364. The maximum absolute atomic E-state index is 12.1. The van der Waals surface area contributed by atoms with Crippen molar-refractivity contribution in [3.05, 3.63) is 0 Å². The second-order valence-corrected chi connectivity index (χ2v) is 6.87. The summed E-state index contributed by atoms with van der Waals surface area (Å²) < 4.78 is 0. The molecule has 0 spiro atoms. The first-order valence-electron chi connectivity index (χ1n) is 6.97. The summed E-state index contributed by atoms with van der Waals surface area (Å²) in [6.07, 6.45) is 1.90. The molecule has 5 heteroatoms. The first-order chi connectivity index (χ1) is 8.71. The molecule has 3 atom stereocenters. The molecule has 1 N–H and O–H groups in total. The lowest BCUT2D eigenvalue weighted by Crippen LogP contribution is -2.50. The Balaban J connectivity index is 2.24. The third kappa shape index (κ3) is 2.61. The van der Waals surface area contributed by atoms with Crippen molar-refractivity contribution in [2.24, 2.45) is 11.3 Å². The van der Waals surface area contributed by atoms with E-state index in [4.69, 9.17) is 0 Å². The largest absolute Gasteiger partial charge is 0.393 e. The van der Waals surface area contributed by atoms with Gasteiger partial charge in [-0.05, 0) is 30.6 Å². The highest BCUT2D eigenvalue weighted by Crippen LogP contribution is 2.41.